The van der Waals surface area contributed by atoms with E-state index in [4.69, 9.17) is 4.74 Å². The van der Waals surface area contributed by atoms with E-state index < -0.39 is 0 Å². The maximum atomic E-state index is 5.66. The first kappa shape index (κ1) is 25.7. The number of nitrogens with one attached hydrogen (secondary N) is 1. The number of rotatable bonds is 5. The summed E-state index contributed by atoms with van der Waals surface area (Å²) in [6.07, 6.45) is 2.15. The Labute approximate surface area is 215 Å². The van der Waals surface area contributed by atoms with Gasteiger partial charge in [0, 0.05) is 65.6 Å². The number of pyridine rings is 1. The van der Waals surface area contributed by atoms with Crippen molar-refractivity contribution >= 4 is 35.8 Å². The number of morpholine rings is 1. The molecule has 1 aromatic heterocycles. The number of aromatic nitrogens is 1. The maximum Gasteiger partial charge on any atom is 0.194 e. The fourth-order valence-electron chi connectivity index (χ4n) is 4.47. The topological polar surface area (TPSA) is 56.2 Å². The fourth-order valence-corrected chi connectivity index (χ4v) is 4.47. The third kappa shape index (κ3) is 7.28. The summed E-state index contributed by atoms with van der Waals surface area (Å²) in [5.41, 5.74) is 3.94. The molecule has 4 rings (SSSR count). The highest BCUT2D eigenvalue weighted by molar-refractivity contribution is 14.0. The molecule has 1 atom stereocenters. The highest BCUT2D eigenvalue weighted by atomic mass is 127. The molecule has 2 aliphatic heterocycles. The number of ether oxygens (including phenoxy) is 1. The molecule has 2 fully saturated rings. The van der Waals surface area contributed by atoms with Crippen molar-refractivity contribution in [2.45, 2.75) is 33.0 Å². The summed E-state index contributed by atoms with van der Waals surface area (Å²) in [5, 5.41) is 3.55. The molecule has 0 aliphatic carbocycles. The first-order valence-electron chi connectivity index (χ1n) is 11.7. The largest absolute Gasteiger partial charge is 0.375 e. The van der Waals surface area contributed by atoms with Crippen LogP contribution in [0, 0.1) is 6.92 Å². The molecular weight excluding hydrogens is 527 g/mol. The molecule has 0 radical (unpaired) electrons. The van der Waals surface area contributed by atoms with E-state index in [9.17, 15) is 0 Å². The van der Waals surface area contributed by atoms with Crippen molar-refractivity contribution in [1.82, 2.24) is 20.1 Å². The standard InChI is InChI=1S/C25H36N6O.HI/c1-20-5-4-6-23(15-20)19-29-9-11-30(12-10-29)25(26-3)28-17-22-7-8-27-24(16-22)31-13-14-32-21(2)18-31;/h4-8,15-16,21H,9-14,17-19H2,1-3H3,(H,26,28);1H. The van der Waals surface area contributed by atoms with Gasteiger partial charge in [0.05, 0.1) is 12.7 Å². The van der Waals surface area contributed by atoms with E-state index in [1.807, 2.05) is 13.2 Å². The van der Waals surface area contributed by atoms with Gasteiger partial charge in [-0.25, -0.2) is 4.98 Å². The molecule has 1 aromatic carbocycles. The van der Waals surface area contributed by atoms with Crippen molar-refractivity contribution in [3.63, 3.8) is 0 Å². The fraction of sp³-hybridized carbons (Fsp3) is 0.520. The van der Waals surface area contributed by atoms with Gasteiger partial charge < -0.3 is 19.9 Å². The molecule has 7 nitrogen and oxygen atoms in total. The van der Waals surface area contributed by atoms with E-state index in [0.29, 0.717) is 0 Å². The zero-order valence-electron chi connectivity index (χ0n) is 20.0. The van der Waals surface area contributed by atoms with E-state index in [2.05, 4.69) is 80.2 Å². The lowest BCUT2D eigenvalue weighted by molar-refractivity contribution is 0.0529. The van der Waals surface area contributed by atoms with Gasteiger partial charge in [-0.1, -0.05) is 29.8 Å². The van der Waals surface area contributed by atoms with E-state index >= 15 is 0 Å². The number of hydrogen-bond donors (Lipinski definition) is 1. The average Bonchev–Trinajstić information content (AvgIpc) is 2.81. The molecule has 33 heavy (non-hydrogen) atoms. The molecule has 8 heteroatoms. The van der Waals surface area contributed by atoms with Crippen LogP contribution in [0.5, 0.6) is 0 Å². The second-order valence-corrected chi connectivity index (χ2v) is 8.80. The summed E-state index contributed by atoms with van der Waals surface area (Å²) >= 11 is 0. The van der Waals surface area contributed by atoms with Gasteiger partial charge in [0.15, 0.2) is 5.96 Å². The van der Waals surface area contributed by atoms with Crippen molar-refractivity contribution in [1.29, 1.82) is 0 Å². The Kier molecular flexibility index (Phi) is 9.76. The van der Waals surface area contributed by atoms with Crippen molar-refractivity contribution in [2.75, 3.05) is 57.8 Å². The van der Waals surface area contributed by atoms with E-state index in [0.717, 1.165) is 70.7 Å². The van der Waals surface area contributed by atoms with Gasteiger partial charge in [-0.3, -0.25) is 9.89 Å². The van der Waals surface area contributed by atoms with Crippen LogP contribution in [0.15, 0.2) is 47.6 Å². The highest BCUT2D eigenvalue weighted by Gasteiger charge is 2.20. The van der Waals surface area contributed by atoms with E-state index in [-0.39, 0.29) is 30.1 Å². The number of nitrogens with zero attached hydrogens (tertiary/aromatic N) is 5. The number of anilines is 1. The first-order chi connectivity index (χ1) is 15.6. The van der Waals surface area contributed by atoms with Gasteiger partial charge in [-0.15, -0.1) is 24.0 Å². The summed E-state index contributed by atoms with van der Waals surface area (Å²) in [5.74, 6) is 2.00. The van der Waals surface area contributed by atoms with Crippen LogP contribution >= 0.6 is 24.0 Å². The van der Waals surface area contributed by atoms with Crippen LogP contribution in [0.1, 0.15) is 23.6 Å². The van der Waals surface area contributed by atoms with Crippen LogP contribution in [0.25, 0.3) is 0 Å². The minimum Gasteiger partial charge on any atom is -0.375 e. The Hall–Kier alpha value is -1.91. The number of benzene rings is 1. The molecule has 1 N–H and O–H groups in total. The molecule has 2 aliphatic rings. The Morgan fingerprint density at radius 1 is 1.12 bits per heavy atom. The Morgan fingerprint density at radius 2 is 1.94 bits per heavy atom. The zero-order chi connectivity index (χ0) is 22.3. The SMILES string of the molecule is CN=C(NCc1ccnc(N2CCOC(C)C2)c1)N1CCN(Cc2cccc(C)c2)CC1.I. The molecule has 0 spiro atoms. The second kappa shape index (κ2) is 12.5. The lowest BCUT2D eigenvalue weighted by Gasteiger charge is -2.36. The molecule has 0 amide bonds. The minimum absolute atomic E-state index is 0. The minimum atomic E-state index is 0. The van der Waals surface area contributed by atoms with Crippen LogP contribution in [-0.4, -0.2) is 79.8 Å². The smallest absolute Gasteiger partial charge is 0.194 e. The van der Waals surface area contributed by atoms with Crippen LogP contribution in [-0.2, 0) is 17.8 Å². The number of hydrogen-bond acceptors (Lipinski definition) is 5. The summed E-state index contributed by atoms with van der Waals surface area (Å²) in [4.78, 5) is 16.3. The molecule has 2 saturated heterocycles. The van der Waals surface area contributed by atoms with Crippen molar-refractivity contribution < 1.29 is 4.74 Å². The van der Waals surface area contributed by atoms with E-state index in [1.54, 1.807) is 0 Å². The molecule has 2 aromatic rings. The average molecular weight is 565 g/mol. The number of halogens is 1. The van der Waals surface area contributed by atoms with Crippen LogP contribution in [0.4, 0.5) is 5.82 Å². The number of aryl methyl sites for hydroxylation is 1. The van der Waals surface area contributed by atoms with Crippen molar-refractivity contribution in [2.24, 2.45) is 4.99 Å². The number of piperazine rings is 1. The summed E-state index contributed by atoms with van der Waals surface area (Å²) in [6, 6.07) is 13.1. The Morgan fingerprint density at radius 3 is 2.67 bits per heavy atom. The lowest BCUT2D eigenvalue weighted by atomic mass is 10.1. The van der Waals surface area contributed by atoms with Crippen LogP contribution in [0.3, 0.4) is 0 Å². The molecular formula is C25H37IN6O. The van der Waals surface area contributed by atoms with Crippen LogP contribution in [0.2, 0.25) is 0 Å². The zero-order valence-corrected chi connectivity index (χ0v) is 22.4. The Balaban J connectivity index is 0.00000306. The highest BCUT2D eigenvalue weighted by Crippen LogP contribution is 2.17. The molecule has 0 saturated carbocycles. The van der Waals surface area contributed by atoms with Gasteiger partial charge in [0.25, 0.3) is 0 Å². The molecule has 180 valence electrons. The first-order valence-corrected chi connectivity index (χ1v) is 11.7. The predicted octanol–water partition coefficient (Wildman–Crippen LogP) is 3.13. The van der Waals surface area contributed by atoms with Gasteiger partial charge in [-0.05, 0) is 37.1 Å². The monoisotopic (exact) mass is 564 g/mol. The third-order valence-corrected chi connectivity index (χ3v) is 6.20. The Bertz CT molecular complexity index is 915. The van der Waals surface area contributed by atoms with Gasteiger partial charge in [-0.2, -0.15) is 0 Å². The molecule has 3 heterocycles. The van der Waals surface area contributed by atoms with Gasteiger partial charge in [0.1, 0.15) is 5.82 Å². The number of guanidine groups is 1. The summed E-state index contributed by atoms with van der Waals surface area (Å²) in [7, 11) is 1.87. The van der Waals surface area contributed by atoms with Gasteiger partial charge in [0.2, 0.25) is 0 Å². The van der Waals surface area contributed by atoms with E-state index in [1.165, 1.54) is 16.7 Å². The quantitative estimate of drug-likeness (QED) is 0.343. The molecule has 0 bridgehead atoms. The van der Waals surface area contributed by atoms with Crippen molar-refractivity contribution in [3.05, 3.63) is 59.3 Å². The normalized spacial score (nSPS) is 19.8. The molecule has 1 unspecified atom stereocenters. The second-order valence-electron chi connectivity index (χ2n) is 8.80. The van der Waals surface area contributed by atoms with Crippen molar-refractivity contribution in [3.8, 4) is 0 Å². The number of aliphatic imine (C=N–C) groups is 1. The summed E-state index contributed by atoms with van der Waals surface area (Å²) in [6.45, 7) is 12.6. The predicted molar refractivity (Wildman–Crippen MR) is 146 cm³/mol. The lowest BCUT2D eigenvalue weighted by Crippen LogP contribution is -2.52. The van der Waals surface area contributed by atoms with Crippen LogP contribution < -0.4 is 10.2 Å². The maximum absolute atomic E-state index is 5.66. The third-order valence-electron chi connectivity index (χ3n) is 6.20. The van der Waals surface area contributed by atoms with Gasteiger partial charge >= 0.3 is 0 Å². The summed E-state index contributed by atoms with van der Waals surface area (Å²) < 4.78 is 5.66.